The van der Waals surface area contributed by atoms with Crippen molar-refractivity contribution in [3.8, 4) is 26.9 Å². The smallest absolute Gasteiger partial charge is 0.124 e. The summed E-state index contributed by atoms with van der Waals surface area (Å²) in [7, 11) is 0. The first-order chi connectivity index (χ1) is 8.72. The van der Waals surface area contributed by atoms with Gasteiger partial charge < -0.3 is 5.11 Å². The predicted molar refractivity (Wildman–Crippen MR) is 77.3 cm³/mol. The highest BCUT2D eigenvalue weighted by Crippen LogP contribution is 2.33. The molecule has 0 aliphatic carbocycles. The van der Waals surface area contributed by atoms with E-state index in [4.69, 9.17) is 0 Å². The summed E-state index contributed by atoms with van der Waals surface area (Å²) in [6, 6.07) is 11.4. The molecule has 0 aliphatic rings. The van der Waals surface area contributed by atoms with Crippen molar-refractivity contribution in [2.75, 3.05) is 0 Å². The summed E-state index contributed by atoms with van der Waals surface area (Å²) in [5, 5.41) is 12.5. The van der Waals surface area contributed by atoms with Crippen LogP contribution in [-0.4, -0.2) is 10.1 Å². The number of aryl methyl sites for hydroxylation is 1. The highest BCUT2D eigenvalue weighted by molar-refractivity contribution is 7.16. The van der Waals surface area contributed by atoms with Crippen molar-refractivity contribution < 1.29 is 5.11 Å². The summed E-state index contributed by atoms with van der Waals surface area (Å²) in [5.74, 6) is 0.274. The van der Waals surface area contributed by atoms with Crippen molar-refractivity contribution in [3.05, 3.63) is 46.7 Å². The van der Waals surface area contributed by atoms with Crippen molar-refractivity contribution in [2.45, 2.75) is 6.92 Å². The number of aromatic nitrogens is 1. The Morgan fingerprint density at radius 1 is 1.17 bits per heavy atom. The highest BCUT2D eigenvalue weighted by atomic mass is 32.1. The van der Waals surface area contributed by atoms with E-state index in [-0.39, 0.29) is 5.75 Å². The van der Waals surface area contributed by atoms with Gasteiger partial charge in [0.2, 0.25) is 0 Å². The van der Waals surface area contributed by atoms with E-state index in [1.54, 1.807) is 34.8 Å². The Kier molecular flexibility index (Phi) is 2.89. The van der Waals surface area contributed by atoms with Crippen molar-refractivity contribution in [1.29, 1.82) is 0 Å². The van der Waals surface area contributed by atoms with Crippen molar-refractivity contribution in [2.24, 2.45) is 0 Å². The van der Waals surface area contributed by atoms with Gasteiger partial charge in [0.1, 0.15) is 10.8 Å². The highest BCUT2D eigenvalue weighted by Gasteiger charge is 2.08. The molecule has 0 spiro atoms. The van der Waals surface area contributed by atoms with Crippen molar-refractivity contribution in [3.63, 3.8) is 0 Å². The van der Waals surface area contributed by atoms with Gasteiger partial charge in [0, 0.05) is 15.8 Å². The Bertz CT molecular complexity index is 684. The SMILES string of the molecule is Cc1ccc(-c2csc(-c3cccc(O)c3)n2)s1. The Morgan fingerprint density at radius 3 is 2.78 bits per heavy atom. The zero-order chi connectivity index (χ0) is 12.5. The Hall–Kier alpha value is -1.65. The monoisotopic (exact) mass is 273 g/mol. The first-order valence-corrected chi connectivity index (χ1v) is 7.24. The van der Waals surface area contributed by atoms with E-state index < -0.39 is 0 Å². The van der Waals surface area contributed by atoms with Crippen LogP contribution in [-0.2, 0) is 0 Å². The van der Waals surface area contributed by atoms with Crippen LogP contribution >= 0.6 is 22.7 Å². The van der Waals surface area contributed by atoms with Crippen molar-refractivity contribution >= 4 is 22.7 Å². The second-order valence-electron chi connectivity index (χ2n) is 4.00. The number of hydrogen-bond acceptors (Lipinski definition) is 4. The number of phenols is 1. The van der Waals surface area contributed by atoms with Crippen molar-refractivity contribution in [1.82, 2.24) is 4.98 Å². The predicted octanol–water partition coefficient (Wildman–Crippen LogP) is 4.55. The molecule has 0 aliphatic heterocycles. The Balaban J connectivity index is 1.99. The number of aromatic hydroxyl groups is 1. The summed E-state index contributed by atoms with van der Waals surface area (Å²) in [5.41, 5.74) is 1.97. The zero-order valence-electron chi connectivity index (χ0n) is 9.75. The summed E-state index contributed by atoms with van der Waals surface area (Å²) in [6.45, 7) is 2.09. The van der Waals surface area contributed by atoms with Gasteiger partial charge in [-0.15, -0.1) is 22.7 Å². The molecule has 0 atom stereocenters. The number of hydrogen-bond donors (Lipinski definition) is 1. The molecule has 0 radical (unpaired) electrons. The fourth-order valence-corrected chi connectivity index (χ4v) is 3.45. The number of benzene rings is 1. The van der Waals surface area contributed by atoms with E-state index in [9.17, 15) is 5.11 Å². The lowest BCUT2D eigenvalue weighted by Crippen LogP contribution is -1.76. The lowest BCUT2D eigenvalue weighted by molar-refractivity contribution is 0.475. The third-order valence-electron chi connectivity index (χ3n) is 2.59. The van der Waals surface area contributed by atoms with E-state index in [1.165, 1.54) is 9.75 Å². The summed E-state index contributed by atoms with van der Waals surface area (Å²) in [6.07, 6.45) is 0. The van der Waals surface area contributed by atoms with Crippen LogP contribution in [0.25, 0.3) is 21.1 Å². The molecule has 4 heteroatoms. The fraction of sp³-hybridized carbons (Fsp3) is 0.0714. The molecule has 1 aromatic carbocycles. The molecule has 18 heavy (non-hydrogen) atoms. The quantitative estimate of drug-likeness (QED) is 0.743. The lowest BCUT2D eigenvalue weighted by Gasteiger charge is -1.96. The Labute approximate surface area is 113 Å². The van der Waals surface area contributed by atoms with E-state index in [2.05, 4.69) is 29.4 Å². The number of nitrogens with zero attached hydrogens (tertiary/aromatic N) is 1. The number of rotatable bonds is 2. The first-order valence-electron chi connectivity index (χ1n) is 5.54. The first kappa shape index (κ1) is 11.4. The molecule has 3 rings (SSSR count). The van der Waals surface area contributed by atoms with Gasteiger partial charge >= 0.3 is 0 Å². The number of thiazole rings is 1. The van der Waals surface area contributed by atoms with E-state index in [1.807, 2.05) is 12.1 Å². The molecule has 0 saturated heterocycles. The second kappa shape index (κ2) is 4.55. The minimum absolute atomic E-state index is 0.274. The molecular weight excluding hydrogens is 262 g/mol. The molecule has 1 N–H and O–H groups in total. The normalized spacial score (nSPS) is 10.7. The number of phenolic OH excluding ortho intramolecular Hbond substituents is 1. The topological polar surface area (TPSA) is 33.1 Å². The summed E-state index contributed by atoms with van der Waals surface area (Å²) in [4.78, 5) is 7.10. The van der Waals surface area contributed by atoms with Gasteiger partial charge in [0.25, 0.3) is 0 Å². The van der Waals surface area contributed by atoms with Gasteiger partial charge in [-0.05, 0) is 31.2 Å². The van der Waals surface area contributed by atoms with Gasteiger partial charge in [0.05, 0.1) is 10.6 Å². The van der Waals surface area contributed by atoms with Gasteiger partial charge in [-0.2, -0.15) is 0 Å². The molecule has 0 amide bonds. The largest absolute Gasteiger partial charge is 0.508 e. The van der Waals surface area contributed by atoms with Gasteiger partial charge in [0.15, 0.2) is 0 Å². The van der Waals surface area contributed by atoms with E-state index >= 15 is 0 Å². The molecule has 2 aromatic heterocycles. The van der Waals surface area contributed by atoms with Crippen LogP contribution in [0.2, 0.25) is 0 Å². The van der Waals surface area contributed by atoms with Gasteiger partial charge in [-0.25, -0.2) is 4.98 Å². The molecule has 2 heterocycles. The molecular formula is C14H11NOS2. The summed E-state index contributed by atoms with van der Waals surface area (Å²) >= 11 is 3.35. The van der Waals surface area contributed by atoms with Crippen LogP contribution in [0.1, 0.15) is 4.88 Å². The third-order valence-corrected chi connectivity index (χ3v) is 4.50. The molecule has 0 fully saturated rings. The standard InChI is InChI=1S/C14H11NOS2/c1-9-5-6-13(18-9)12-8-17-14(15-12)10-3-2-4-11(16)7-10/h2-8,16H,1H3. The van der Waals surface area contributed by atoms with Crippen LogP contribution in [0.5, 0.6) is 5.75 Å². The molecule has 0 unspecified atom stereocenters. The average Bonchev–Trinajstić information content (AvgIpc) is 2.97. The van der Waals surface area contributed by atoms with E-state index in [0.29, 0.717) is 0 Å². The van der Waals surface area contributed by atoms with Crippen LogP contribution in [0.15, 0.2) is 41.8 Å². The molecule has 0 bridgehead atoms. The maximum Gasteiger partial charge on any atom is 0.124 e. The fourth-order valence-electron chi connectivity index (χ4n) is 1.73. The van der Waals surface area contributed by atoms with E-state index in [0.717, 1.165) is 16.3 Å². The number of thiophene rings is 1. The van der Waals surface area contributed by atoms with Crippen LogP contribution < -0.4 is 0 Å². The molecule has 90 valence electrons. The molecule has 2 nitrogen and oxygen atoms in total. The maximum absolute atomic E-state index is 9.48. The minimum atomic E-state index is 0.274. The zero-order valence-corrected chi connectivity index (χ0v) is 11.4. The molecule has 0 saturated carbocycles. The van der Waals surface area contributed by atoms with Gasteiger partial charge in [-0.1, -0.05) is 12.1 Å². The maximum atomic E-state index is 9.48. The minimum Gasteiger partial charge on any atom is -0.508 e. The van der Waals surface area contributed by atoms with Crippen LogP contribution in [0.3, 0.4) is 0 Å². The third kappa shape index (κ3) is 2.17. The molecule has 3 aromatic rings. The van der Waals surface area contributed by atoms with Gasteiger partial charge in [-0.3, -0.25) is 0 Å². The van der Waals surface area contributed by atoms with Crippen LogP contribution in [0, 0.1) is 6.92 Å². The summed E-state index contributed by atoms with van der Waals surface area (Å²) < 4.78 is 0. The Morgan fingerprint density at radius 2 is 2.06 bits per heavy atom. The second-order valence-corrected chi connectivity index (χ2v) is 6.14. The average molecular weight is 273 g/mol. The van der Waals surface area contributed by atoms with Crippen LogP contribution in [0.4, 0.5) is 0 Å². The lowest BCUT2D eigenvalue weighted by atomic mass is 10.2.